The van der Waals surface area contributed by atoms with Crippen LogP contribution in [-0.4, -0.2) is 30.2 Å². The predicted molar refractivity (Wildman–Crippen MR) is 57.6 cm³/mol. The number of rotatable bonds is 6. The van der Waals surface area contributed by atoms with E-state index in [-0.39, 0.29) is 6.03 Å². The van der Waals surface area contributed by atoms with Gasteiger partial charge in [-0.25, -0.2) is 4.79 Å². The zero-order valence-corrected chi connectivity index (χ0v) is 9.17. The van der Waals surface area contributed by atoms with Crippen LogP contribution in [0.25, 0.3) is 0 Å². The van der Waals surface area contributed by atoms with Crippen molar-refractivity contribution >= 4 is 12.0 Å². The van der Waals surface area contributed by atoms with Gasteiger partial charge in [-0.2, -0.15) is 0 Å². The van der Waals surface area contributed by atoms with Crippen molar-refractivity contribution in [3.8, 4) is 0 Å². The number of aliphatic carboxylic acids is 1. The standard InChI is InChI=1S/C10H18N2O3/c1-7(2)6-12-10(15)11-5-4-8(3)9(13)14/h8H,1,4-6H2,2-3H3,(H,13,14)(H2,11,12,15). The number of carboxylic acid groups (broad SMARTS) is 1. The average molecular weight is 214 g/mol. The fourth-order valence-electron chi connectivity index (χ4n) is 0.819. The van der Waals surface area contributed by atoms with Crippen LogP contribution in [0.3, 0.4) is 0 Å². The van der Waals surface area contributed by atoms with Crippen molar-refractivity contribution in [3.63, 3.8) is 0 Å². The van der Waals surface area contributed by atoms with Gasteiger partial charge >= 0.3 is 12.0 Å². The Balaban J connectivity index is 3.55. The van der Waals surface area contributed by atoms with Crippen LogP contribution in [0, 0.1) is 5.92 Å². The quantitative estimate of drug-likeness (QED) is 0.576. The molecular formula is C10H18N2O3. The van der Waals surface area contributed by atoms with Crippen LogP contribution in [0.1, 0.15) is 20.3 Å². The first-order chi connectivity index (χ1) is 6.93. The molecule has 0 saturated heterocycles. The molecule has 0 aliphatic carbocycles. The van der Waals surface area contributed by atoms with Crippen molar-refractivity contribution in [1.82, 2.24) is 10.6 Å². The third-order valence-corrected chi connectivity index (χ3v) is 1.84. The highest BCUT2D eigenvalue weighted by Crippen LogP contribution is 1.99. The first-order valence-corrected chi connectivity index (χ1v) is 4.82. The molecule has 0 rings (SSSR count). The summed E-state index contributed by atoms with van der Waals surface area (Å²) in [5, 5.41) is 13.7. The number of hydrogen-bond donors (Lipinski definition) is 3. The maximum absolute atomic E-state index is 11.1. The molecule has 5 heteroatoms. The minimum Gasteiger partial charge on any atom is -0.481 e. The lowest BCUT2D eigenvalue weighted by Gasteiger charge is -2.09. The van der Waals surface area contributed by atoms with E-state index in [1.54, 1.807) is 6.92 Å². The Kier molecular flexibility index (Phi) is 6.17. The van der Waals surface area contributed by atoms with Gasteiger partial charge in [0.15, 0.2) is 0 Å². The van der Waals surface area contributed by atoms with Gasteiger partial charge in [0.1, 0.15) is 0 Å². The normalized spacial score (nSPS) is 11.6. The zero-order valence-electron chi connectivity index (χ0n) is 9.17. The van der Waals surface area contributed by atoms with Crippen LogP contribution in [0.4, 0.5) is 4.79 Å². The lowest BCUT2D eigenvalue weighted by molar-refractivity contribution is -0.141. The van der Waals surface area contributed by atoms with Gasteiger partial charge in [0.2, 0.25) is 0 Å². The first kappa shape index (κ1) is 13.5. The van der Waals surface area contributed by atoms with Crippen LogP contribution in [0.15, 0.2) is 12.2 Å². The number of nitrogens with one attached hydrogen (secondary N) is 2. The molecule has 86 valence electrons. The molecule has 1 atom stereocenters. The maximum Gasteiger partial charge on any atom is 0.315 e. The summed E-state index contributed by atoms with van der Waals surface area (Å²) in [6, 6.07) is -0.296. The highest BCUT2D eigenvalue weighted by Gasteiger charge is 2.10. The molecule has 0 aromatic carbocycles. The van der Waals surface area contributed by atoms with Crippen molar-refractivity contribution in [1.29, 1.82) is 0 Å². The minimum absolute atomic E-state index is 0.296. The maximum atomic E-state index is 11.1. The lowest BCUT2D eigenvalue weighted by atomic mass is 10.1. The van der Waals surface area contributed by atoms with E-state index in [9.17, 15) is 9.59 Å². The average Bonchev–Trinajstić information content (AvgIpc) is 2.14. The topological polar surface area (TPSA) is 78.4 Å². The summed E-state index contributed by atoms with van der Waals surface area (Å²) in [5.74, 6) is -1.29. The number of amides is 2. The van der Waals surface area contributed by atoms with Crippen molar-refractivity contribution in [2.24, 2.45) is 5.92 Å². The van der Waals surface area contributed by atoms with E-state index in [1.165, 1.54) is 0 Å². The summed E-state index contributed by atoms with van der Waals surface area (Å²) in [7, 11) is 0. The van der Waals surface area contributed by atoms with E-state index >= 15 is 0 Å². The van der Waals surface area contributed by atoms with Gasteiger partial charge in [0, 0.05) is 13.1 Å². The van der Waals surface area contributed by atoms with Crippen molar-refractivity contribution in [2.45, 2.75) is 20.3 Å². The number of carbonyl (C=O) groups is 2. The Labute approximate surface area is 89.6 Å². The van der Waals surface area contributed by atoms with Crippen LogP contribution < -0.4 is 10.6 Å². The zero-order chi connectivity index (χ0) is 11.8. The molecule has 0 spiro atoms. The summed E-state index contributed by atoms with van der Waals surface area (Å²) in [4.78, 5) is 21.5. The van der Waals surface area contributed by atoms with Crippen LogP contribution in [0.2, 0.25) is 0 Å². The van der Waals surface area contributed by atoms with Crippen LogP contribution in [-0.2, 0) is 4.79 Å². The molecule has 15 heavy (non-hydrogen) atoms. The van der Waals surface area contributed by atoms with Crippen LogP contribution in [0.5, 0.6) is 0 Å². The first-order valence-electron chi connectivity index (χ1n) is 4.82. The second-order valence-corrected chi connectivity index (χ2v) is 3.59. The number of carboxylic acids is 1. The fraction of sp³-hybridized carbons (Fsp3) is 0.600. The molecule has 0 aliphatic rings. The van der Waals surface area contributed by atoms with Gasteiger partial charge in [-0.1, -0.05) is 19.1 Å². The Morgan fingerprint density at radius 2 is 2.00 bits per heavy atom. The fourth-order valence-corrected chi connectivity index (χ4v) is 0.819. The molecule has 0 aliphatic heterocycles. The van der Waals surface area contributed by atoms with E-state index < -0.39 is 11.9 Å². The summed E-state index contributed by atoms with van der Waals surface area (Å²) in [6.45, 7) is 7.85. The molecule has 0 heterocycles. The van der Waals surface area contributed by atoms with E-state index in [2.05, 4.69) is 17.2 Å². The van der Waals surface area contributed by atoms with Crippen molar-refractivity contribution < 1.29 is 14.7 Å². The van der Waals surface area contributed by atoms with Crippen molar-refractivity contribution in [2.75, 3.05) is 13.1 Å². The van der Waals surface area contributed by atoms with Gasteiger partial charge in [-0.15, -0.1) is 0 Å². The summed E-state index contributed by atoms with van der Waals surface area (Å²) in [6.07, 6.45) is 0.426. The summed E-state index contributed by atoms with van der Waals surface area (Å²) >= 11 is 0. The van der Waals surface area contributed by atoms with Gasteiger partial charge in [0.25, 0.3) is 0 Å². The molecule has 0 saturated carbocycles. The molecule has 0 radical (unpaired) electrons. The van der Waals surface area contributed by atoms with E-state index in [0.717, 1.165) is 5.57 Å². The molecule has 2 amide bonds. The molecule has 0 bridgehead atoms. The SMILES string of the molecule is C=C(C)CNC(=O)NCCC(C)C(=O)O. The third kappa shape index (κ3) is 7.54. The van der Waals surface area contributed by atoms with Gasteiger partial charge in [-0.05, 0) is 13.3 Å². The molecule has 3 N–H and O–H groups in total. The Morgan fingerprint density at radius 3 is 2.47 bits per heavy atom. The molecule has 1 unspecified atom stereocenters. The Bertz CT molecular complexity index is 251. The third-order valence-electron chi connectivity index (χ3n) is 1.84. The molecule has 5 nitrogen and oxygen atoms in total. The highest BCUT2D eigenvalue weighted by molar-refractivity contribution is 5.74. The van der Waals surface area contributed by atoms with E-state index in [4.69, 9.17) is 5.11 Å². The van der Waals surface area contributed by atoms with Gasteiger partial charge < -0.3 is 15.7 Å². The number of urea groups is 1. The lowest BCUT2D eigenvalue weighted by Crippen LogP contribution is -2.37. The number of carbonyl (C=O) groups excluding carboxylic acids is 1. The molecule has 0 aromatic rings. The van der Waals surface area contributed by atoms with E-state index in [0.29, 0.717) is 19.5 Å². The van der Waals surface area contributed by atoms with Crippen LogP contribution >= 0.6 is 0 Å². The summed E-state index contributed by atoms with van der Waals surface area (Å²) < 4.78 is 0. The monoisotopic (exact) mass is 214 g/mol. The highest BCUT2D eigenvalue weighted by atomic mass is 16.4. The second-order valence-electron chi connectivity index (χ2n) is 3.59. The summed E-state index contributed by atoms with van der Waals surface area (Å²) in [5.41, 5.74) is 0.865. The van der Waals surface area contributed by atoms with Gasteiger partial charge in [-0.3, -0.25) is 4.79 Å². The Morgan fingerprint density at radius 1 is 1.40 bits per heavy atom. The number of hydrogen-bond acceptors (Lipinski definition) is 2. The minimum atomic E-state index is -0.848. The molecule has 0 aromatic heterocycles. The Hall–Kier alpha value is -1.52. The predicted octanol–water partition coefficient (Wildman–Crippen LogP) is 0.972. The molecule has 0 fully saturated rings. The van der Waals surface area contributed by atoms with Crippen molar-refractivity contribution in [3.05, 3.63) is 12.2 Å². The van der Waals surface area contributed by atoms with E-state index in [1.807, 2.05) is 6.92 Å². The smallest absolute Gasteiger partial charge is 0.315 e. The largest absolute Gasteiger partial charge is 0.481 e. The molecular weight excluding hydrogens is 196 g/mol. The van der Waals surface area contributed by atoms with Gasteiger partial charge in [0.05, 0.1) is 5.92 Å². The second kappa shape index (κ2) is 6.86.